The van der Waals surface area contributed by atoms with Gasteiger partial charge in [-0.25, -0.2) is 0 Å². The van der Waals surface area contributed by atoms with E-state index in [1.807, 2.05) is 17.9 Å². The Hall–Kier alpha value is -3.10. The van der Waals surface area contributed by atoms with Crippen LogP contribution >= 0.6 is 0 Å². The number of phenolic OH excluding ortho intramolecular Hbond substituents is 1. The van der Waals surface area contributed by atoms with Crippen LogP contribution in [0.15, 0.2) is 30.5 Å². The minimum atomic E-state index is -4.52. The molecule has 0 saturated heterocycles. The molecule has 27 heavy (non-hydrogen) atoms. The van der Waals surface area contributed by atoms with Crippen molar-refractivity contribution in [2.24, 2.45) is 0 Å². The van der Waals surface area contributed by atoms with Gasteiger partial charge in [0.1, 0.15) is 5.75 Å². The van der Waals surface area contributed by atoms with Crippen LogP contribution in [0, 0.1) is 6.92 Å². The van der Waals surface area contributed by atoms with Crippen LogP contribution in [0.2, 0.25) is 0 Å². The van der Waals surface area contributed by atoms with Gasteiger partial charge in [-0.2, -0.15) is 18.3 Å². The van der Waals surface area contributed by atoms with Crippen molar-refractivity contribution in [1.82, 2.24) is 20.4 Å². The fraction of sp³-hybridized carbons (Fsp3) is 0.278. The van der Waals surface area contributed by atoms with Gasteiger partial charge in [-0.1, -0.05) is 0 Å². The molecule has 4 rings (SSSR count). The molecule has 0 aliphatic carbocycles. The van der Waals surface area contributed by atoms with E-state index in [2.05, 4.69) is 20.4 Å². The SMILES string of the molecule is Cc1c(-c2ccc(C(F)(F)F)cc2O)nnc2c1CCCN2c1cc[nH]n1. The molecule has 140 valence electrons. The Bertz CT molecular complexity index is 985. The second-order valence-electron chi connectivity index (χ2n) is 6.39. The first kappa shape index (κ1) is 17.3. The molecule has 0 fully saturated rings. The summed E-state index contributed by atoms with van der Waals surface area (Å²) in [6, 6.07) is 4.72. The van der Waals surface area contributed by atoms with E-state index in [0.717, 1.165) is 42.4 Å². The second kappa shape index (κ2) is 6.26. The molecule has 1 aromatic carbocycles. The highest BCUT2D eigenvalue weighted by atomic mass is 19.4. The predicted octanol–water partition coefficient (Wildman–Crippen LogP) is 3.98. The Morgan fingerprint density at radius 2 is 2.00 bits per heavy atom. The third-order valence-corrected chi connectivity index (χ3v) is 4.73. The Morgan fingerprint density at radius 1 is 1.19 bits per heavy atom. The average molecular weight is 375 g/mol. The van der Waals surface area contributed by atoms with E-state index in [1.54, 1.807) is 6.20 Å². The lowest BCUT2D eigenvalue weighted by Gasteiger charge is -2.29. The quantitative estimate of drug-likeness (QED) is 0.708. The van der Waals surface area contributed by atoms with Crippen LogP contribution in [0.25, 0.3) is 11.3 Å². The van der Waals surface area contributed by atoms with Crippen LogP contribution in [0.1, 0.15) is 23.1 Å². The molecule has 2 N–H and O–H groups in total. The number of aromatic hydroxyl groups is 1. The number of aromatic amines is 1. The zero-order valence-electron chi connectivity index (χ0n) is 14.4. The molecule has 0 unspecified atom stereocenters. The molecule has 2 aromatic heterocycles. The zero-order chi connectivity index (χ0) is 19.2. The lowest BCUT2D eigenvalue weighted by molar-refractivity contribution is -0.137. The fourth-order valence-corrected chi connectivity index (χ4v) is 3.37. The van der Waals surface area contributed by atoms with E-state index in [-0.39, 0.29) is 5.56 Å². The number of nitrogens with one attached hydrogen (secondary N) is 1. The summed E-state index contributed by atoms with van der Waals surface area (Å²) in [6.45, 7) is 2.59. The summed E-state index contributed by atoms with van der Waals surface area (Å²) in [5.74, 6) is 0.943. The summed E-state index contributed by atoms with van der Waals surface area (Å²) in [6.07, 6.45) is -1.15. The highest BCUT2D eigenvalue weighted by molar-refractivity contribution is 5.74. The summed E-state index contributed by atoms with van der Waals surface area (Å²) in [4.78, 5) is 1.95. The number of halogens is 3. The Kier molecular flexibility index (Phi) is 4.01. The average Bonchev–Trinajstić information content (AvgIpc) is 3.16. The standard InChI is InChI=1S/C18H16F3N5O/c1-10-12-3-2-8-26(15-6-7-22-23-15)17(12)25-24-16(10)13-5-4-11(9-14(13)27)18(19,20)21/h4-7,9,27H,2-3,8H2,1H3,(H,22,23). The molecule has 0 radical (unpaired) electrons. The molecule has 1 aliphatic rings. The highest BCUT2D eigenvalue weighted by Crippen LogP contribution is 2.39. The zero-order valence-corrected chi connectivity index (χ0v) is 14.4. The molecule has 0 atom stereocenters. The van der Waals surface area contributed by atoms with E-state index in [9.17, 15) is 18.3 Å². The number of hydrogen-bond acceptors (Lipinski definition) is 5. The van der Waals surface area contributed by atoms with Crippen LogP contribution in [-0.2, 0) is 12.6 Å². The van der Waals surface area contributed by atoms with E-state index in [0.29, 0.717) is 17.6 Å². The molecule has 1 aliphatic heterocycles. The van der Waals surface area contributed by atoms with Crippen molar-refractivity contribution in [3.8, 4) is 17.0 Å². The lowest BCUT2D eigenvalue weighted by atomic mass is 9.96. The predicted molar refractivity (Wildman–Crippen MR) is 92.8 cm³/mol. The lowest BCUT2D eigenvalue weighted by Crippen LogP contribution is -2.27. The van der Waals surface area contributed by atoms with Gasteiger partial charge < -0.3 is 10.0 Å². The van der Waals surface area contributed by atoms with Crippen molar-refractivity contribution >= 4 is 11.6 Å². The number of fused-ring (bicyclic) bond motifs is 1. The van der Waals surface area contributed by atoms with Crippen molar-refractivity contribution < 1.29 is 18.3 Å². The largest absolute Gasteiger partial charge is 0.507 e. The first-order chi connectivity index (χ1) is 12.9. The molecule has 3 aromatic rings. The number of aromatic nitrogens is 4. The molecular weight excluding hydrogens is 359 g/mol. The van der Waals surface area contributed by atoms with Gasteiger partial charge in [0.05, 0.1) is 11.3 Å². The number of nitrogens with zero attached hydrogens (tertiary/aromatic N) is 4. The normalized spacial score (nSPS) is 14.3. The third-order valence-electron chi connectivity index (χ3n) is 4.73. The topological polar surface area (TPSA) is 77.9 Å². The smallest absolute Gasteiger partial charge is 0.416 e. The maximum atomic E-state index is 12.8. The van der Waals surface area contributed by atoms with Gasteiger partial charge >= 0.3 is 6.18 Å². The van der Waals surface area contributed by atoms with Crippen molar-refractivity contribution in [1.29, 1.82) is 0 Å². The molecule has 0 saturated carbocycles. The molecule has 0 bridgehead atoms. The van der Waals surface area contributed by atoms with Crippen LogP contribution in [0.4, 0.5) is 24.8 Å². The van der Waals surface area contributed by atoms with Crippen molar-refractivity contribution in [3.05, 3.63) is 47.2 Å². The van der Waals surface area contributed by atoms with Gasteiger partial charge in [0, 0.05) is 29.9 Å². The van der Waals surface area contributed by atoms with Gasteiger partial charge in [-0.05, 0) is 43.5 Å². The third kappa shape index (κ3) is 2.98. The maximum Gasteiger partial charge on any atom is 0.416 e. The van der Waals surface area contributed by atoms with Gasteiger partial charge in [0.25, 0.3) is 0 Å². The maximum absolute atomic E-state index is 12.8. The summed E-state index contributed by atoms with van der Waals surface area (Å²) >= 11 is 0. The highest BCUT2D eigenvalue weighted by Gasteiger charge is 2.32. The summed E-state index contributed by atoms with van der Waals surface area (Å²) < 4.78 is 38.5. The van der Waals surface area contributed by atoms with E-state index < -0.39 is 17.5 Å². The number of benzene rings is 1. The van der Waals surface area contributed by atoms with Gasteiger partial charge in [0.2, 0.25) is 0 Å². The molecule has 9 heteroatoms. The van der Waals surface area contributed by atoms with Crippen molar-refractivity contribution in [3.63, 3.8) is 0 Å². The number of hydrogen-bond donors (Lipinski definition) is 2. The first-order valence-corrected chi connectivity index (χ1v) is 8.40. The minimum Gasteiger partial charge on any atom is -0.507 e. The van der Waals surface area contributed by atoms with Crippen molar-refractivity contribution in [2.45, 2.75) is 25.9 Å². The van der Waals surface area contributed by atoms with Crippen molar-refractivity contribution in [2.75, 3.05) is 11.4 Å². The van der Waals surface area contributed by atoms with E-state index >= 15 is 0 Å². The Balaban J connectivity index is 1.78. The van der Waals surface area contributed by atoms with Crippen LogP contribution in [0.5, 0.6) is 5.75 Å². The molecule has 0 spiro atoms. The van der Waals surface area contributed by atoms with Crippen LogP contribution < -0.4 is 4.90 Å². The number of phenols is 1. The monoisotopic (exact) mass is 375 g/mol. The molecule has 6 nitrogen and oxygen atoms in total. The van der Waals surface area contributed by atoms with E-state index in [1.165, 1.54) is 6.07 Å². The van der Waals surface area contributed by atoms with Gasteiger partial charge in [-0.15, -0.1) is 10.2 Å². The number of H-pyrrole nitrogens is 1. The number of rotatable bonds is 2. The number of anilines is 2. The van der Waals surface area contributed by atoms with Gasteiger partial charge in [0.15, 0.2) is 11.6 Å². The van der Waals surface area contributed by atoms with Gasteiger partial charge in [-0.3, -0.25) is 5.10 Å². The van der Waals surface area contributed by atoms with Crippen LogP contribution in [0.3, 0.4) is 0 Å². The Labute approximate surface area is 152 Å². The fourth-order valence-electron chi connectivity index (χ4n) is 3.37. The summed E-state index contributed by atoms with van der Waals surface area (Å²) in [5, 5.41) is 25.6. The minimum absolute atomic E-state index is 0.229. The summed E-state index contributed by atoms with van der Waals surface area (Å²) in [7, 11) is 0. The first-order valence-electron chi connectivity index (χ1n) is 8.40. The molecular formula is C18H16F3N5O. The Morgan fingerprint density at radius 3 is 2.67 bits per heavy atom. The van der Waals surface area contributed by atoms with Crippen LogP contribution in [-0.4, -0.2) is 32.0 Å². The molecule has 3 heterocycles. The molecule has 0 amide bonds. The second-order valence-corrected chi connectivity index (χ2v) is 6.39. The summed E-state index contributed by atoms with van der Waals surface area (Å²) in [5.41, 5.74) is 1.44. The number of alkyl halides is 3. The van der Waals surface area contributed by atoms with E-state index in [4.69, 9.17) is 0 Å².